The second-order valence-electron chi connectivity index (χ2n) is 5.54. The van der Waals surface area contributed by atoms with Crippen LogP contribution in [0.25, 0.3) is 0 Å². The summed E-state index contributed by atoms with van der Waals surface area (Å²) in [5, 5.41) is 12.2. The first-order valence-corrected chi connectivity index (χ1v) is 10.6. The largest absolute Gasteiger partial charge is 0.375 e. The fraction of sp³-hybridized carbons (Fsp3) is 0.438. The van der Waals surface area contributed by atoms with Gasteiger partial charge in [0.15, 0.2) is 4.34 Å². The molecule has 0 aliphatic carbocycles. The Morgan fingerprint density at radius 3 is 3.20 bits per heavy atom. The first kappa shape index (κ1) is 18.6. The summed E-state index contributed by atoms with van der Waals surface area (Å²) in [5.41, 5.74) is 0.942. The molecule has 25 heavy (non-hydrogen) atoms. The number of rotatable bonds is 6. The van der Waals surface area contributed by atoms with Gasteiger partial charge in [0.05, 0.1) is 18.5 Å². The number of aromatic nitrogens is 2. The van der Waals surface area contributed by atoms with Crippen LogP contribution >= 0.6 is 39.0 Å². The third-order valence-corrected chi connectivity index (χ3v) is 6.20. The molecule has 0 spiro atoms. The van der Waals surface area contributed by atoms with Crippen molar-refractivity contribution in [2.75, 3.05) is 30.8 Å². The van der Waals surface area contributed by atoms with E-state index in [2.05, 4.69) is 38.4 Å². The molecule has 1 fully saturated rings. The molecule has 2 aromatic rings. The predicted molar refractivity (Wildman–Crippen MR) is 105 cm³/mol. The molecule has 2 heterocycles. The van der Waals surface area contributed by atoms with Crippen molar-refractivity contribution in [1.82, 2.24) is 15.1 Å². The second kappa shape index (κ2) is 8.98. The summed E-state index contributed by atoms with van der Waals surface area (Å²) >= 11 is 6.32. The smallest absolute Gasteiger partial charge is 0.233 e. The van der Waals surface area contributed by atoms with E-state index in [0.29, 0.717) is 30.6 Å². The maximum atomic E-state index is 12.4. The molecule has 9 heteroatoms. The van der Waals surface area contributed by atoms with E-state index in [1.807, 2.05) is 29.2 Å². The van der Waals surface area contributed by atoms with Gasteiger partial charge >= 0.3 is 0 Å². The van der Waals surface area contributed by atoms with E-state index < -0.39 is 0 Å². The first-order valence-electron chi connectivity index (χ1n) is 8.02. The molecule has 6 nitrogen and oxygen atoms in total. The monoisotopic (exact) mass is 442 g/mol. The molecule has 1 unspecified atom stereocenters. The number of carbonyl (C=O) groups is 1. The van der Waals surface area contributed by atoms with E-state index in [0.717, 1.165) is 20.9 Å². The summed E-state index contributed by atoms with van der Waals surface area (Å²) in [6, 6.07) is 7.85. The summed E-state index contributed by atoms with van der Waals surface area (Å²) in [5.74, 6) is 0.505. The van der Waals surface area contributed by atoms with E-state index in [-0.39, 0.29) is 12.0 Å². The maximum absolute atomic E-state index is 12.4. The van der Waals surface area contributed by atoms with Crippen LogP contribution in [0.4, 0.5) is 10.8 Å². The lowest BCUT2D eigenvalue weighted by atomic mass is 10.2. The third kappa shape index (κ3) is 5.40. The summed E-state index contributed by atoms with van der Waals surface area (Å²) in [6.07, 6.45) is 1.09. The first-order chi connectivity index (χ1) is 12.1. The standard InChI is InChI=1S/C16H19BrN4O2S2/c1-2-13-9-21(6-7-23-13)14(22)10-24-16-20-19-15(25-16)18-12-5-3-4-11(17)8-12/h3-5,8,13H,2,6-7,9-10H2,1H3,(H,18,19). The number of nitrogens with one attached hydrogen (secondary N) is 1. The Bertz CT molecular complexity index is 728. The highest BCUT2D eigenvalue weighted by molar-refractivity contribution is 9.10. The summed E-state index contributed by atoms with van der Waals surface area (Å²) in [7, 11) is 0. The van der Waals surface area contributed by atoms with E-state index in [9.17, 15) is 4.79 Å². The number of thioether (sulfide) groups is 1. The van der Waals surface area contributed by atoms with Crippen LogP contribution in [0.2, 0.25) is 0 Å². The van der Waals surface area contributed by atoms with Gasteiger partial charge in [-0.3, -0.25) is 4.79 Å². The topological polar surface area (TPSA) is 67.4 Å². The van der Waals surface area contributed by atoms with E-state index in [4.69, 9.17) is 4.74 Å². The third-order valence-electron chi connectivity index (χ3n) is 3.75. The van der Waals surface area contributed by atoms with Crippen molar-refractivity contribution in [3.8, 4) is 0 Å². The second-order valence-corrected chi connectivity index (χ2v) is 8.65. The van der Waals surface area contributed by atoms with Crippen molar-refractivity contribution in [3.63, 3.8) is 0 Å². The average Bonchev–Trinajstić information content (AvgIpc) is 3.07. The van der Waals surface area contributed by atoms with Gasteiger partial charge in [-0.05, 0) is 24.6 Å². The molecule has 1 saturated heterocycles. The van der Waals surface area contributed by atoms with Crippen LogP contribution in [0.3, 0.4) is 0 Å². The molecule has 1 aromatic heterocycles. The molecule has 1 amide bonds. The number of hydrogen-bond donors (Lipinski definition) is 1. The highest BCUT2D eigenvalue weighted by Gasteiger charge is 2.23. The van der Waals surface area contributed by atoms with Crippen molar-refractivity contribution in [2.24, 2.45) is 0 Å². The van der Waals surface area contributed by atoms with Crippen molar-refractivity contribution in [1.29, 1.82) is 0 Å². The molecule has 0 saturated carbocycles. The summed E-state index contributed by atoms with van der Waals surface area (Å²) < 4.78 is 7.39. The SMILES string of the molecule is CCC1CN(C(=O)CSc2nnc(Nc3cccc(Br)c3)s2)CCO1. The lowest BCUT2D eigenvalue weighted by molar-refractivity contribution is -0.135. The Balaban J connectivity index is 1.50. The van der Waals surface area contributed by atoms with Crippen LogP contribution in [0.1, 0.15) is 13.3 Å². The van der Waals surface area contributed by atoms with Crippen molar-refractivity contribution >= 4 is 55.8 Å². The molecule has 1 N–H and O–H groups in total. The minimum atomic E-state index is 0.128. The van der Waals surface area contributed by atoms with Gasteiger partial charge in [0.1, 0.15) is 0 Å². The number of benzene rings is 1. The van der Waals surface area contributed by atoms with Gasteiger partial charge < -0.3 is 15.0 Å². The fourth-order valence-electron chi connectivity index (χ4n) is 2.42. The summed E-state index contributed by atoms with van der Waals surface area (Å²) in [6.45, 7) is 4.05. The molecule has 0 radical (unpaired) electrons. The van der Waals surface area contributed by atoms with Crippen molar-refractivity contribution in [2.45, 2.75) is 23.8 Å². The quantitative estimate of drug-likeness (QED) is 0.686. The zero-order valence-corrected chi connectivity index (χ0v) is 17.0. The molecule has 0 bridgehead atoms. The van der Waals surface area contributed by atoms with Gasteiger partial charge in [0, 0.05) is 23.2 Å². The molecule has 1 atom stereocenters. The van der Waals surface area contributed by atoms with E-state index in [1.54, 1.807) is 0 Å². The van der Waals surface area contributed by atoms with Gasteiger partial charge in [-0.1, -0.05) is 52.0 Å². The molecular weight excluding hydrogens is 424 g/mol. The fourth-order valence-corrected chi connectivity index (χ4v) is 4.49. The Kier molecular flexibility index (Phi) is 6.69. The Labute approximate surface area is 163 Å². The molecular formula is C16H19BrN4O2S2. The number of anilines is 2. The predicted octanol–water partition coefficient (Wildman–Crippen LogP) is 3.77. The summed E-state index contributed by atoms with van der Waals surface area (Å²) in [4.78, 5) is 14.2. The minimum absolute atomic E-state index is 0.128. The van der Waals surface area contributed by atoms with Gasteiger partial charge in [0.2, 0.25) is 11.0 Å². The lowest BCUT2D eigenvalue weighted by Crippen LogP contribution is -2.46. The number of carbonyl (C=O) groups excluding carboxylic acids is 1. The lowest BCUT2D eigenvalue weighted by Gasteiger charge is -2.32. The normalized spacial score (nSPS) is 17.5. The van der Waals surface area contributed by atoms with Crippen molar-refractivity contribution in [3.05, 3.63) is 28.7 Å². The van der Waals surface area contributed by atoms with Gasteiger partial charge in [-0.15, -0.1) is 10.2 Å². The van der Waals surface area contributed by atoms with Gasteiger partial charge in [-0.2, -0.15) is 0 Å². The van der Waals surface area contributed by atoms with E-state index >= 15 is 0 Å². The van der Waals surface area contributed by atoms with Crippen LogP contribution in [0.5, 0.6) is 0 Å². The highest BCUT2D eigenvalue weighted by atomic mass is 79.9. The van der Waals surface area contributed by atoms with Gasteiger partial charge in [-0.25, -0.2) is 0 Å². The van der Waals surface area contributed by atoms with Crippen LogP contribution < -0.4 is 5.32 Å². The molecule has 1 aliphatic rings. The average molecular weight is 443 g/mol. The van der Waals surface area contributed by atoms with E-state index in [1.165, 1.54) is 23.1 Å². The van der Waals surface area contributed by atoms with Crippen LogP contribution in [0, 0.1) is 0 Å². The highest BCUT2D eigenvalue weighted by Crippen LogP contribution is 2.28. The molecule has 134 valence electrons. The molecule has 3 rings (SSSR count). The number of amides is 1. The Morgan fingerprint density at radius 2 is 2.40 bits per heavy atom. The molecule has 1 aromatic carbocycles. The zero-order chi connectivity index (χ0) is 17.6. The van der Waals surface area contributed by atoms with Crippen molar-refractivity contribution < 1.29 is 9.53 Å². The van der Waals surface area contributed by atoms with Crippen LogP contribution in [-0.2, 0) is 9.53 Å². The Hall–Kier alpha value is -1.16. The number of morpholine rings is 1. The number of hydrogen-bond acceptors (Lipinski definition) is 7. The van der Waals surface area contributed by atoms with Crippen LogP contribution in [-0.4, -0.2) is 52.6 Å². The zero-order valence-electron chi connectivity index (χ0n) is 13.8. The molecule has 1 aliphatic heterocycles. The van der Waals surface area contributed by atoms with Crippen LogP contribution in [0.15, 0.2) is 33.1 Å². The number of ether oxygens (including phenoxy) is 1. The Morgan fingerprint density at radius 1 is 1.52 bits per heavy atom. The number of halogens is 1. The number of nitrogens with zero attached hydrogens (tertiary/aromatic N) is 3. The minimum Gasteiger partial charge on any atom is -0.375 e. The maximum Gasteiger partial charge on any atom is 0.233 e. The van der Waals surface area contributed by atoms with Gasteiger partial charge in [0.25, 0.3) is 0 Å².